The summed E-state index contributed by atoms with van der Waals surface area (Å²) in [6.07, 6.45) is 1.88. The Kier molecular flexibility index (Phi) is 6.38. The fourth-order valence-corrected chi connectivity index (χ4v) is 3.52. The van der Waals surface area contributed by atoms with Gasteiger partial charge in [0, 0.05) is 13.0 Å². The molecule has 0 spiro atoms. The molecule has 0 aromatic heterocycles. The average Bonchev–Trinajstić information content (AvgIpc) is 2.97. The standard InChI is InChI=1S/C20H29N3O4/c1-3-19(2,18(22)26)17(25)20(27)15(21)12-13-23(20)16(24)11-7-10-14-8-5-4-6-9-14/h4-6,8-9,15,27H,3,7,10-13,21H2,1-2H3,(H2,22,26)/t15-,19-,20-/m0/s1. The van der Waals surface area contributed by atoms with Gasteiger partial charge in [-0.25, -0.2) is 0 Å². The maximum Gasteiger partial charge on any atom is 0.231 e. The van der Waals surface area contributed by atoms with Gasteiger partial charge >= 0.3 is 0 Å². The van der Waals surface area contributed by atoms with E-state index in [0.717, 1.165) is 10.5 Å². The maximum absolute atomic E-state index is 13.1. The zero-order chi connectivity index (χ0) is 20.2. The van der Waals surface area contributed by atoms with Crippen molar-refractivity contribution < 1.29 is 19.5 Å². The van der Waals surface area contributed by atoms with Crippen LogP contribution in [0.5, 0.6) is 0 Å². The Bertz CT molecular complexity index is 708. The van der Waals surface area contributed by atoms with Crippen LogP contribution >= 0.6 is 0 Å². The number of carbonyl (C=O) groups is 3. The smallest absolute Gasteiger partial charge is 0.231 e. The first-order chi connectivity index (χ1) is 12.7. The van der Waals surface area contributed by atoms with E-state index in [1.54, 1.807) is 6.92 Å². The Hall–Kier alpha value is -2.25. The van der Waals surface area contributed by atoms with Gasteiger partial charge in [0.05, 0.1) is 6.04 Å². The number of carbonyl (C=O) groups excluding carboxylic acids is 3. The molecule has 0 saturated carbocycles. The van der Waals surface area contributed by atoms with E-state index >= 15 is 0 Å². The molecule has 0 bridgehead atoms. The first-order valence-corrected chi connectivity index (χ1v) is 9.35. The Labute approximate surface area is 159 Å². The molecule has 7 heteroatoms. The summed E-state index contributed by atoms with van der Waals surface area (Å²) in [7, 11) is 0. The third kappa shape index (κ3) is 3.89. The van der Waals surface area contributed by atoms with Gasteiger partial charge in [0.25, 0.3) is 0 Å². The molecule has 2 rings (SSSR count). The second kappa shape index (κ2) is 8.19. The lowest BCUT2D eigenvalue weighted by atomic mass is 9.75. The number of primary amides is 1. The molecule has 1 heterocycles. The first kappa shape index (κ1) is 21.1. The van der Waals surface area contributed by atoms with Gasteiger partial charge in [-0.1, -0.05) is 37.3 Å². The molecule has 1 saturated heterocycles. The minimum atomic E-state index is -2.20. The normalized spacial score (nSPS) is 24.4. The van der Waals surface area contributed by atoms with Gasteiger partial charge in [-0.3, -0.25) is 14.4 Å². The number of likely N-dealkylation sites (tertiary alicyclic amines) is 1. The topological polar surface area (TPSA) is 127 Å². The quantitative estimate of drug-likeness (QED) is 0.577. The number of rotatable bonds is 8. The van der Waals surface area contributed by atoms with Gasteiger partial charge in [-0.15, -0.1) is 0 Å². The third-order valence-electron chi connectivity index (χ3n) is 5.68. The van der Waals surface area contributed by atoms with Gasteiger partial charge in [0.1, 0.15) is 5.41 Å². The Morgan fingerprint density at radius 1 is 1.30 bits per heavy atom. The number of benzene rings is 1. The maximum atomic E-state index is 13.1. The molecule has 5 N–H and O–H groups in total. The number of hydrogen-bond acceptors (Lipinski definition) is 5. The van der Waals surface area contributed by atoms with E-state index in [2.05, 4.69) is 0 Å². The van der Waals surface area contributed by atoms with E-state index < -0.39 is 28.9 Å². The Morgan fingerprint density at radius 3 is 2.48 bits per heavy atom. The van der Waals surface area contributed by atoms with Crippen molar-refractivity contribution in [1.82, 2.24) is 4.90 Å². The summed E-state index contributed by atoms with van der Waals surface area (Å²) in [5.41, 5.74) is 8.73. The summed E-state index contributed by atoms with van der Waals surface area (Å²) >= 11 is 0. The lowest BCUT2D eigenvalue weighted by Crippen LogP contribution is -2.66. The van der Waals surface area contributed by atoms with Crippen LogP contribution < -0.4 is 11.5 Å². The molecule has 2 amide bonds. The Morgan fingerprint density at radius 2 is 1.93 bits per heavy atom. The van der Waals surface area contributed by atoms with E-state index in [1.807, 2.05) is 30.3 Å². The summed E-state index contributed by atoms with van der Waals surface area (Å²) in [5, 5.41) is 11.1. The molecule has 27 heavy (non-hydrogen) atoms. The van der Waals surface area contributed by atoms with Crippen LogP contribution in [0.25, 0.3) is 0 Å². The molecule has 7 nitrogen and oxygen atoms in total. The van der Waals surface area contributed by atoms with Crippen LogP contribution in [0.3, 0.4) is 0 Å². The fraction of sp³-hybridized carbons (Fsp3) is 0.550. The minimum absolute atomic E-state index is 0.117. The van der Waals surface area contributed by atoms with Crippen molar-refractivity contribution in [3.8, 4) is 0 Å². The molecule has 1 aliphatic rings. The molecular formula is C20H29N3O4. The molecular weight excluding hydrogens is 346 g/mol. The van der Waals surface area contributed by atoms with E-state index in [9.17, 15) is 19.5 Å². The van der Waals surface area contributed by atoms with E-state index in [4.69, 9.17) is 11.5 Å². The van der Waals surface area contributed by atoms with Gasteiger partial charge in [-0.05, 0) is 38.2 Å². The number of nitrogens with two attached hydrogens (primary N) is 2. The van der Waals surface area contributed by atoms with Crippen molar-refractivity contribution in [3.05, 3.63) is 35.9 Å². The van der Waals surface area contributed by atoms with Gasteiger partial charge in [0.2, 0.25) is 23.3 Å². The van der Waals surface area contributed by atoms with Crippen LogP contribution in [0.2, 0.25) is 0 Å². The summed E-state index contributed by atoms with van der Waals surface area (Å²) in [5.74, 6) is -1.98. The predicted octanol–water partition coefficient (Wildman–Crippen LogP) is 0.728. The monoisotopic (exact) mass is 375 g/mol. The van der Waals surface area contributed by atoms with Crippen LogP contribution in [0, 0.1) is 5.41 Å². The van der Waals surface area contributed by atoms with Crippen molar-refractivity contribution in [2.24, 2.45) is 16.9 Å². The van der Waals surface area contributed by atoms with Crippen LogP contribution in [0.1, 0.15) is 45.1 Å². The lowest BCUT2D eigenvalue weighted by molar-refractivity contribution is -0.177. The highest BCUT2D eigenvalue weighted by molar-refractivity contribution is 6.10. The molecule has 0 aliphatic carbocycles. The van der Waals surface area contributed by atoms with Gasteiger partial charge < -0.3 is 21.5 Å². The highest BCUT2D eigenvalue weighted by atomic mass is 16.3. The van der Waals surface area contributed by atoms with Crippen LogP contribution in [-0.2, 0) is 20.8 Å². The van der Waals surface area contributed by atoms with Crippen molar-refractivity contribution in [3.63, 3.8) is 0 Å². The molecule has 3 atom stereocenters. The number of aliphatic hydroxyl groups is 1. The largest absolute Gasteiger partial charge is 0.369 e. The second-order valence-corrected chi connectivity index (χ2v) is 7.38. The molecule has 1 aromatic rings. The number of aryl methyl sites for hydroxylation is 1. The van der Waals surface area contributed by atoms with Crippen molar-refractivity contribution in [2.75, 3.05) is 6.54 Å². The zero-order valence-electron chi connectivity index (χ0n) is 16.0. The summed E-state index contributed by atoms with van der Waals surface area (Å²) in [6, 6.07) is 8.81. The van der Waals surface area contributed by atoms with Crippen LogP contribution in [0.15, 0.2) is 30.3 Å². The molecule has 1 aromatic carbocycles. The van der Waals surface area contributed by atoms with Crippen molar-refractivity contribution in [1.29, 1.82) is 0 Å². The fourth-order valence-electron chi connectivity index (χ4n) is 3.52. The summed E-state index contributed by atoms with van der Waals surface area (Å²) in [6.45, 7) is 3.20. The Balaban J connectivity index is 2.14. The molecule has 1 fully saturated rings. The predicted molar refractivity (Wildman–Crippen MR) is 101 cm³/mol. The number of hydrogen-bond donors (Lipinski definition) is 3. The number of amides is 2. The van der Waals surface area contributed by atoms with Crippen molar-refractivity contribution >= 4 is 17.6 Å². The molecule has 0 radical (unpaired) electrons. The van der Waals surface area contributed by atoms with E-state index in [-0.39, 0.29) is 31.7 Å². The van der Waals surface area contributed by atoms with Crippen LogP contribution in [-0.4, -0.2) is 45.9 Å². The number of ketones is 1. The second-order valence-electron chi connectivity index (χ2n) is 7.38. The highest BCUT2D eigenvalue weighted by Gasteiger charge is 2.59. The van der Waals surface area contributed by atoms with E-state index in [1.165, 1.54) is 6.92 Å². The molecule has 148 valence electrons. The van der Waals surface area contributed by atoms with Gasteiger partial charge in [0.15, 0.2) is 0 Å². The first-order valence-electron chi connectivity index (χ1n) is 9.35. The van der Waals surface area contributed by atoms with Crippen molar-refractivity contribution in [2.45, 2.75) is 57.7 Å². The molecule has 0 unspecified atom stereocenters. The SMILES string of the molecule is CC[C@](C)(C(N)=O)C(=O)[C@@]1(O)[C@@H](N)CCN1C(=O)CCCc1ccccc1. The highest BCUT2D eigenvalue weighted by Crippen LogP contribution is 2.36. The lowest BCUT2D eigenvalue weighted by Gasteiger charge is -2.39. The number of nitrogens with zero attached hydrogens (tertiary/aromatic N) is 1. The minimum Gasteiger partial charge on any atom is -0.369 e. The summed E-state index contributed by atoms with van der Waals surface area (Å²) in [4.78, 5) is 38.8. The zero-order valence-corrected chi connectivity index (χ0v) is 16.0. The van der Waals surface area contributed by atoms with Crippen LogP contribution in [0.4, 0.5) is 0 Å². The molecule has 1 aliphatic heterocycles. The average molecular weight is 375 g/mol. The van der Waals surface area contributed by atoms with Gasteiger partial charge in [-0.2, -0.15) is 0 Å². The van der Waals surface area contributed by atoms with E-state index in [0.29, 0.717) is 12.8 Å². The summed E-state index contributed by atoms with van der Waals surface area (Å²) < 4.78 is 0. The third-order valence-corrected chi connectivity index (χ3v) is 5.68. The number of Topliss-reactive ketones (excluding diaryl/α,β-unsaturated/α-hetero) is 1.